The van der Waals surface area contributed by atoms with Crippen LogP contribution < -0.4 is 0 Å². The van der Waals surface area contributed by atoms with Crippen LogP contribution in [-0.4, -0.2) is 23.5 Å². The fourth-order valence-electron chi connectivity index (χ4n) is 4.81. The van der Waals surface area contributed by atoms with Gasteiger partial charge in [-0.25, -0.2) is 0 Å². The molecule has 0 bridgehead atoms. The Labute approximate surface area is 198 Å². The molecule has 0 saturated carbocycles. The van der Waals surface area contributed by atoms with E-state index in [-0.39, 0.29) is 0 Å². The molecule has 2 aromatic rings. The molecule has 0 spiro atoms. The number of thiocarbonyl (C=S) groups is 1. The van der Waals surface area contributed by atoms with E-state index in [1.165, 1.54) is 63.0 Å². The first-order valence-corrected chi connectivity index (χ1v) is 20.0. The van der Waals surface area contributed by atoms with Crippen LogP contribution in [0.25, 0.3) is 0 Å². The fraction of sp³-hybridized carbons (Fsp3) is 0.500. The number of isothiocyanates is 1. The van der Waals surface area contributed by atoms with Crippen molar-refractivity contribution in [3.63, 3.8) is 0 Å². The van der Waals surface area contributed by atoms with E-state index >= 15 is 0 Å². The van der Waals surface area contributed by atoms with Crippen molar-refractivity contribution in [3.8, 4) is 0 Å². The van der Waals surface area contributed by atoms with Crippen LogP contribution in [0.5, 0.6) is 0 Å². The number of halogens is 1. The van der Waals surface area contributed by atoms with E-state index < -0.39 is 18.4 Å². The molecule has 2 aromatic carbocycles. The molecule has 0 aliphatic heterocycles. The van der Waals surface area contributed by atoms with Gasteiger partial charge in [-0.15, -0.1) is 0 Å². The third kappa shape index (κ3) is 6.92. The average molecular weight is 549 g/mol. The summed E-state index contributed by atoms with van der Waals surface area (Å²) < 4.78 is 4.74. The number of hydrogen-bond donors (Lipinski definition) is 0. The van der Waals surface area contributed by atoms with Gasteiger partial charge in [-0.05, 0) is 0 Å². The van der Waals surface area contributed by atoms with E-state index in [0.29, 0.717) is 3.93 Å². The van der Waals surface area contributed by atoms with Gasteiger partial charge in [0.15, 0.2) is 0 Å². The summed E-state index contributed by atoms with van der Waals surface area (Å²) in [6.07, 6.45) is 7.79. The molecule has 1 nitrogen and oxygen atoms in total. The minimum absolute atomic E-state index is 0.450. The first-order valence-electron chi connectivity index (χ1n) is 11.5. The second kappa shape index (κ2) is 13.7. The van der Waals surface area contributed by atoms with Crippen molar-refractivity contribution < 1.29 is 0 Å². The normalized spacial score (nSPS) is 12.4. The summed E-state index contributed by atoms with van der Waals surface area (Å²) in [4.78, 5) is 4.49. The summed E-state index contributed by atoms with van der Waals surface area (Å²) in [7, 11) is 0. The van der Waals surface area contributed by atoms with Crippen molar-refractivity contribution in [3.05, 3.63) is 64.7 Å². The number of rotatable bonds is 13. The summed E-state index contributed by atoms with van der Waals surface area (Å²) in [6.45, 7) is 6.99. The summed E-state index contributed by atoms with van der Waals surface area (Å²) >= 11 is 8.83. The van der Waals surface area contributed by atoms with Crippen molar-refractivity contribution in [2.45, 2.75) is 76.5 Å². The number of aliphatic imine (C=N–C) groups is 1. The van der Waals surface area contributed by atoms with Gasteiger partial charge in [-0.2, -0.15) is 0 Å². The molecule has 0 saturated heterocycles. The molecule has 0 aromatic heterocycles. The van der Waals surface area contributed by atoms with Gasteiger partial charge >= 0.3 is 199 Å². The first kappa shape index (κ1) is 25.6. The number of unbranched alkanes of at least 4 members (excludes halogenated alkanes) is 3. The predicted molar refractivity (Wildman–Crippen MR) is 139 cm³/mol. The number of hydrogen-bond acceptors (Lipinski definition) is 2. The molecular formula is C26H36ClNSSn. The maximum atomic E-state index is 6.55. The van der Waals surface area contributed by atoms with Gasteiger partial charge in [0.05, 0.1) is 0 Å². The quantitative estimate of drug-likeness (QED) is 0.138. The fourth-order valence-corrected chi connectivity index (χ4v) is 23.9. The summed E-state index contributed by atoms with van der Waals surface area (Å²) in [5.74, 6) is 0. The molecule has 0 amide bonds. The van der Waals surface area contributed by atoms with Crippen LogP contribution in [-0.2, 0) is 0 Å². The molecule has 0 aliphatic rings. The first-order chi connectivity index (χ1) is 14.6. The molecule has 0 fully saturated rings. The Kier molecular flexibility index (Phi) is 11.7. The van der Waals surface area contributed by atoms with Crippen LogP contribution in [0.4, 0.5) is 5.69 Å². The number of benzene rings is 2. The number of nitrogens with zero attached hydrogens (tertiary/aromatic N) is 1. The average Bonchev–Trinajstić information content (AvgIpc) is 2.77. The zero-order valence-corrected chi connectivity index (χ0v) is 23.2. The molecule has 4 heteroatoms. The molecular weight excluding hydrogens is 513 g/mol. The van der Waals surface area contributed by atoms with Gasteiger partial charge in [0, 0.05) is 0 Å². The monoisotopic (exact) mass is 549 g/mol. The van der Waals surface area contributed by atoms with Crippen LogP contribution in [0.15, 0.2) is 53.5 Å². The second-order valence-electron chi connectivity index (χ2n) is 8.42. The second-order valence-corrected chi connectivity index (χ2v) is 22.7. The van der Waals surface area contributed by atoms with Crippen molar-refractivity contribution >= 4 is 53.0 Å². The van der Waals surface area contributed by atoms with Gasteiger partial charge in [-0.3, -0.25) is 0 Å². The van der Waals surface area contributed by atoms with Crippen LogP contribution in [0.2, 0.25) is 18.3 Å². The van der Waals surface area contributed by atoms with E-state index in [9.17, 15) is 0 Å². The third-order valence-electron chi connectivity index (χ3n) is 6.30. The Morgan fingerprint density at radius 2 is 1.47 bits per heavy atom. The van der Waals surface area contributed by atoms with Crippen molar-refractivity contribution in [1.82, 2.24) is 0 Å². The molecule has 0 N–H and O–H groups in total. The van der Waals surface area contributed by atoms with E-state index in [4.69, 9.17) is 23.8 Å². The molecule has 0 aliphatic carbocycles. The van der Waals surface area contributed by atoms with Gasteiger partial charge in [0.1, 0.15) is 0 Å². The van der Waals surface area contributed by atoms with Crippen LogP contribution in [0.3, 0.4) is 0 Å². The standard InChI is InChI=1S/C14H9ClNS.3C4H9.Sn/c15-13-6-7-14(16-10-17)12(9-13)8-11-4-2-1-3-5-11;3*1-3-4-2;/h1-9H;3*1,3-4H2,2H3;. The SMILES string of the molecule is CCC[CH2][Sn]([CH2]CCC)([CH2]CCC)[CH](c1ccccc1)c1cc(Cl)ccc1N=C=S. The molecule has 2 rings (SSSR count). The summed E-state index contributed by atoms with van der Waals surface area (Å²) in [5, 5.41) is 3.41. The molecule has 0 radical (unpaired) electrons. The Hall–Kier alpha value is -0.671. The van der Waals surface area contributed by atoms with Crippen LogP contribution >= 0.6 is 23.8 Å². The Bertz CT molecular complexity index is 795. The van der Waals surface area contributed by atoms with Crippen LogP contribution in [0, 0.1) is 0 Å². The molecule has 0 heterocycles. The predicted octanol–water partition coefficient (Wildman–Crippen LogP) is 9.59. The zero-order chi connectivity index (χ0) is 21.8. The molecule has 1 unspecified atom stereocenters. The van der Waals surface area contributed by atoms with Crippen LogP contribution in [0.1, 0.15) is 74.4 Å². The van der Waals surface area contributed by atoms with Gasteiger partial charge < -0.3 is 0 Å². The molecule has 162 valence electrons. The summed E-state index contributed by atoms with van der Waals surface area (Å²) in [6, 6.07) is 17.3. The Morgan fingerprint density at radius 1 is 0.900 bits per heavy atom. The molecule has 30 heavy (non-hydrogen) atoms. The Morgan fingerprint density at radius 3 is 1.97 bits per heavy atom. The van der Waals surface area contributed by atoms with Gasteiger partial charge in [-0.1, -0.05) is 0 Å². The van der Waals surface area contributed by atoms with E-state index in [1.807, 2.05) is 12.1 Å². The van der Waals surface area contributed by atoms with Crippen molar-refractivity contribution in [2.24, 2.45) is 4.99 Å². The van der Waals surface area contributed by atoms with Crippen molar-refractivity contribution in [1.29, 1.82) is 0 Å². The van der Waals surface area contributed by atoms with E-state index in [2.05, 4.69) is 67.3 Å². The third-order valence-corrected chi connectivity index (χ3v) is 23.5. The topological polar surface area (TPSA) is 12.4 Å². The Balaban J connectivity index is 2.76. The summed E-state index contributed by atoms with van der Waals surface area (Å²) in [5.41, 5.74) is 3.68. The molecule has 1 atom stereocenters. The van der Waals surface area contributed by atoms with Crippen molar-refractivity contribution in [2.75, 3.05) is 0 Å². The van der Waals surface area contributed by atoms with E-state index in [1.54, 1.807) is 0 Å². The van der Waals surface area contributed by atoms with Gasteiger partial charge in [0.2, 0.25) is 0 Å². The minimum atomic E-state index is -2.71. The zero-order valence-electron chi connectivity index (χ0n) is 18.8. The van der Waals surface area contributed by atoms with Gasteiger partial charge in [0.25, 0.3) is 0 Å². The maximum absolute atomic E-state index is 6.55. The van der Waals surface area contributed by atoms with E-state index in [0.717, 1.165) is 10.7 Å².